The van der Waals surface area contributed by atoms with Crippen molar-refractivity contribution in [3.63, 3.8) is 0 Å². The van der Waals surface area contributed by atoms with Crippen LogP contribution in [0.5, 0.6) is 0 Å². The Labute approximate surface area is 297 Å². The Balaban J connectivity index is 7.46. The van der Waals surface area contributed by atoms with E-state index in [-0.39, 0.29) is 12.2 Å². The molecule has 0 aliphatic carbocycles. The maximum atomic E-state index is 14.5. The predicted molar refractivity (Wildman–Crippen MR) is 116 cm³/mol. The van der Waals surface area contributed by atoms with Gasteiger partial charge in [0.05, 0.1) is 0 Å². The van der Waals surface area contributed by atoms with Crippen LogP contribution in [0.25, 0.3) is 0 Å². The fraction of sp³-hybridized carbons (Fsp3) is 0.727. The molecule has 4 atom stereocenters. The lowest BCUT2D eigenvalue weighted by molar-refractivity contribution is -0.572. The Hall–Kier alpha value is -3.70. The van der Waals surface area contributed by atoms with Gasteiger partial charge >= 0.3 is 96.3 Å². The zero-order valence-corrected chi connectivity index (χ0v) is 25.8. The fourth-order valence-electron chi connectivity index (χ4n) is 2.73. The van der Waals surface area contributed by atoms with Crippen LogP contribution in [0.2, 0.25) is 0 Å². The van der Waals surface area contributed by atoms with Crippen molar-refractivity contribution in [2.24, 2.45) is 0 Å². The minimum atomic E-state index is -9.38. The first-order valence-electron chi connectivity index (χ1n) is 12.7. The summed E-state index contributed by atoms with van der Waals surface area (Å²) in [6, 6.07) is 0. The highest BCUT2D eigenvalue weighted by atomic mass is 19.4. The van der Waals surface area contributed by atoms with Gasteiger partial charge in [-0.15, -0.1) is 0 Å². The van der Waals surface area contributed by atoms with Gasteiger partial charge in [-0.3, -0.25) is 18.9 Å². The topological polar surface area (TPSA) is 89.5 Å². The molecular weight excluding hydrogens is 924 g/mol. The van der Waals surface area contributed by atoms with Crippen LogP contribution in [0.3, 0.4) is 0 Å². The van der Waals surface area contributed by atoms with Gasteiger partial charge in [-0.25, -0.2) is 9.59 Å². The average Bonchev–Trinajstić information content (AvgIpc) is 2.98. The average molecular weight is 934 g/mol. The van der Waals surface area contributed by atoms with E-state index < -0.39 is 110 Å². The Morgan fingerprint density at radius 3 is 0.759 bits per heavy atom. The molecule has 0 spiro atoms. The Morgan fingerprint density at radius 2 is 0.586 bits per heavy atom. The molecule has 0 amide bonds. The van der Waals surface area contributed by atoms with E-state index in [9.17, 15) is 133 Å². The molecule has 36 heteroatoms. The maximum absolute atomic E-state index is 14.5. The molecule has 8 nitrogen and oxygen atoms in total. The highest BCUT2D eigenvalue weighted by molar-refractivity contribution is 5.81. The molecule has 0 aromatic rings. The van der Waals surface area contributed by atoms with Crippen LogP contribution in [0.15, 0.2) is 25.3 Å². The van der Waals surface area contributed by atoms with Gasteiger partial charge in [0, 0.05) is 12.2 Å². The number of hydrogen-bond donors (Lipinski definition) is 0. The summed E-state index contributed by atoms with van der Waals surface area (Å²) in [5, 5.41) is 0. The van der Waals surface area contributed by atoms with Crippen LogP contribution in [-0.4, -0.2) is 110 Å². The number of halogens is 28. The van der Waals surface area contributed by atoms with Crippen molar-refractivity contribution in [3.8, 4) is 0 Å². The molecule has 4 unspecified atom stereocenters. The largest absolute Gasteiger partial charge is 0.458 e. The van der Waals surface area contributed by atoms with Crippen molar-refractivity contribution in [1.82, 2.24) is 0 Å². The molecule has 0 saturated carbocycles. The molecule has 342 valence electrons. The SMILES string of the molecule is C=CC(=O)OCC(F)(OC(F)(F)C(F)(OC(F)(F)C(F)(F)C(F)(F)C(F)(F)OC(F)(C(F)(F)F)C(F)(F)OC(F)(COC(=O)C=C)C(F)(F)F)C(F)(F)F)C(F)(F)F. The molecule has 0 N–H and O–H groups in total. The number of rotatable bonds is 19. The second-order valence-electron chi connectivity index (χ2n) is 9.89. The number of esters is 2. The van der Waals surface area contributed by atoms with Crippen molar-refractivity contribution in [2.75, 3.05) is 13.2 Å². The van der Waals surface area contributed by atoms with Gasteiger partial charge in [-0.05, 0) is 0 Å². The fourth-order valence-corrected chi connectivity index (χ4v) is 2.73. The molecule has 0 aliphatic rings. The van der Waals surface area contributed by atoms with Crippen molar-refractivity contribution in [1.29, 1.82) is 0 Å². The van der Waals surface area contributed by atoms with E-state index in [1.165, 1.54) is 0 Å². The van der Waals surface area contributed by atoms with Crippen molar-refractivity contribution in [3.05, 3.63) is 25.3 Å². The second kappa shape index (κ2) is 15.7. The Bertz CT molecular complexity index is 1390. The Kier molecular flexibility index (Phi) is 14.7. The predicted octanol–water partition coefficient (Wildman–Crippen LogP) is 9.07. The lowest BCUT2D eigenvalue weighted by atomic mass is 10.1. The molecule has 58 heavy (non-hydrogen) atoms. The minimum absolute atomic E-state index is 0.300. The third-order valence-electron chi connectivity index (χ3n) is 5.70. The molecule has 0 rings (SSSR count). The van der Waals surface area contributed by atoms with E-state index in [4.69, 9.17) is 0 Å². The maximum Gasteiger partial charge on any atom is 0.458 e. The smallest absolute Gasteiger partial charge is 0.456 e. The van der Waals surface area contributed by atoms with Crippen molar-refractivity contribution < 1.29 is 161 Å². The molecule has 0 bridgehead atoms. The summed E-state index contributed by atoms with van der Waals surface area (Å²) in [6.45, 7) is -2.39. The number of carbonyl (C=O) groups is 2. The van der Waals surface area contributed by atoms with Crippen LogP contribution in [0.4, 0.5) is 123 Å². The number of alkyl halides is 28. The summed E-state index contributed by atoms with van der Waals surface area (Å²) in [5.74, 6) is -54.8. The molecule has 0 aromatic carbocycles. The number of carbonyl (C=O) groups excluding carboxylic acids is 2. The first-order valence-corrected chi connectivity index (χ1v) is 12.7. The molecule has 0 aliphatic heterocycles. The van der Waals surface area contributed by atoms with Gasteiger partial charge in [0.2, 0.25) is 0 Å². The third-order valence-corrected chi connectivity index (χ3v) is 5.70. The molecule has 0 saturated heterocycles. The summed E-state index contributed by atoms with van der Waals surface area (Å²) >= 11 is 0. The zero-order valence-electron chi connectivity index (χ0n) is 25.8. The van der Waals surface area contributed by atoms with E-state index in [1.54, 1.807) is 9.47 Å². The monoisotopic (exact) mass is 934 g/mol. The lowest BCUT2D eigenvalue weighted by Gasteiger charge is -2.43. The summed E-state index contributed by atoms with van der Waals surface area (Å²) in [6.07, 6.45) is -67.6. The zero-order chi connectivity index (χ0) is 47.2. The van der Waals surface area contributed by atoms with Crippen LogP contribution in [0.1, 0.15) is 0 Å². The van der Waals surface area contributed by atoms with Crippen LogP contribution < -0.4 is 0 Å². The second-order valence-corrected chi connectivity index (χ2v) is 9.89. The van der Waals surface area contributed by atoms with Gasteiger partial charge in [0.15, 0.2) is 13.2 Å². The standard InChI is InChI=1S/C22H10F28O8/c1-3-7(51)53-5-9(23,15(31,32)33)55-21(47,48)13(29,17(37,38)39)57-19(43,44)11(25,26)12(27,28)20(45,46)58-14(30,18(40,41)42)22(49,50)56-10(24,16(34,35)36)6-54-8(52)4-2/h3-4H,1-2,5-6H2. The first kappa shape index (κ1) is 54.3. The summed E-state index contributed by atoms with van der Waals surface area (Å²) in [4.78, 5) is 21.6. The number of ether oxygens (including phenoxy) is 6. The normalized spacial score (nSPS) is 18.9. The molecule has 0 radical (unpaired) electrons. The van der Waals surface area contributed by atoms with Gasteiger partial charge in [0.1, 0.15) is 0 Å². The lowest BCUT2D eigenvalue weighted by Crippen LogP contribution is -2.72. The molecule has 0 heterocycles. The van der Waals surface area contributed by atoms with E-state index in [0.717, 1.165) is 9.47 Å². The van der Waals surface area contributed by atoms with Gasteiger partial charge < -0.3 is 9.47 Å². The third kappa shape index (κ3) is 10.0. The van der Waals surface area contributed by atoms with Crippen LogP contribution in [0, 0.1) is 0 Å². The van der Waals surface area contributed by atoms with Crippen molar-refractivity contribution in [2.45, 2.75) is 84.4 Å². The number of hydrogen-bond acceptors (Lipinski definition) is 8. The molecular formula is C22H10F28O8. The van der Waals surface area contributed by atoms with E-state index >= 15 is 0 Å². The Morgan fingerprint density at radius 1 is 0.362 bits per heavy atom. The van der Waals surface area contributed by atoms with Crippen LogP contribution in [-0.2, 0) is 38.0 Å². The van der Waals surface area contributed by atoms with Crippen LogP contribution >= 0.6 is 0 Å². The van der Waals surface area contributed by atoms with E-state index in [1.807, 2.05) is 0 Å². The highest BCUT2D eigenvalue weighted by Crippen LogP contribution is 2.61. The van der Waals surface area contributed by atoms with Gasteiger partial charge in [-0.2, -0.15) is 123 Å². The molecule has 0 fully saturated rings. The summed E-state index contributed by atoms with van der Waals surface area (Å²) in [7, 11) is 0. The quantitative estimate of drug-likeness (QED) is 0.0721. The summed E-state index contributed by atoms with van der Waals surface area (Å²) < 4.78 is 396. The first-order chi connectivity index (χ1) is 25.0. The van der Waals surface area contributed by atoms with E-state index in [0.29, 0.717) is 0 Å². The van der Waals surface area contributed by atoms with Gasteiger partial charge in [-0.1, -0.05) is 13.2 Å². The highest BCUT2D eigenvalue weighted by Gasteiger charge is 2.91. The summed E-state index contributed by atoms with van der Waals surface area (Å²) in [5.41, 5.74) is 0. The van der Waals surface area contributed by atoms with E-state index in [2.05, 4.69) is 22.6 Å². The minimum Gasteiger partial charge on any atom is -0.456 e. The van der Waals surface area contributed by atoms with Crippen molar-refractivity contribution >= 4 is 11.9 Å². The molecule has 0 aromatic heterocycles. The van der Waals surface area contributed by atoms with Gasteiger partial charge in [0.25, 0.3) is 0 Å².